The quantitative estimate of drug-likeness (QED) is 0.618. The smallest absolute Gasteiger partial charge is 0.161 e. The minimum absolute atomic E-state index is 0.157. The third-order valence-corrected chi connectivity index (χ3v) is 3.54. The largest absolute Gasteiger partial charge is 0.493 e. The van der Waals surface area contributed by atoms with Crippen LogP contribution in [-0.4, -0.2) is 19.8 Å². The number of methoxy groups -OCH3 is 1. The van der Waals surface area contributed by atoms with Gasteiger partial charge in [0.2, 0.25) is 0 Å². The number of hydrogen-bond donors (Lipinski definition) is 1. The molecule has 3 nitrogen and oxygen atoms in total. The molecule has 2 N–H and O–H groups in total. The van der Waals surface area contributed by atoms with Gasteiger partial charge in [0.15, 0.2) is 11.5 Å². The molecule has 21 heavy (non-hydrogen) atoms. The molecule has 0 spiro atoms. The number of ether oxygens (including phenoxy) is 2. The predicted molar refractivity (Wildman–Crippen MR) is 89.2 cm³/mol. The van der Waals surface area contributed by atoms with Crippen molar-refractivity contribution in [3.05, 3.63) is 23.8 Å². The Balaban J connectivity index is 2.41. The molecule has 1 rings (SSSR count). The summed E-state index contributed by atoms with van der Waals surface area (Å²) in [6.45, 7) is 5.01. The maximum Gasteiger partial charge on any atom is 0.161 e. The Labute approximate surface area is 129 Å². The number of nitrogens with two attached hydrogens (primary N) is 1. The summed E-state index contributed by atoms with van der Waals surface area (Å²) in [7, 11) is 1.68. The Bertz CT molecular complexity index is 391. The van der Waals surface area contributed by atoms with E-state index in [9.17, 15) is 0 Å². The molecule has 0 aliphatic rings. The summed E-state index contributed by atoms with van der Waals surface area (Å²) in [5.74, 6) is 1.64. The van der Waals surface area contributed by atoms with Crippen LogP contribution in [0.3, 0.4) is 0 Å². The van der Waals surface area contributed by atoms with Gasteiger partial charge in [-0.3, -0.25) is 0 Å². The Hall–Kier alpha value is -1.22. The second-order valence-electron chi connectivity index (χ2n) is 5.78. The topological polar surface area (TPSA) is 44.5 Å². The Morgan fingerprint density at radius 3 is 2.43 bits per heavy atom. The number of hydrogen-bond acceptors (Lipinski definition) is 3. The van der Waals surface area contributed by atoms with Gasteiger partial charge in [-0.1, -0.05) is 45.1 Å². The van der Waals surface area contributed by atoms with Crippen molar-refractivity contribution in [2.24, 2.45) is 5.73 Å². The van der Waals surface area contributed by atoms with Crippen molar-refractivity contribution in [1.82, 2.24) is 0 Å². The summed E-state index contributed by atoms with van der Waals surface area (Å²) in [4.78, 5) is 0. The monoisotopic (exact) mass is 293 g/mol. The van der Waals surface area contributed by atoms with Crippen LogP contribution in [0.2, 0.25) is 0 Å². The van der Waals surface area contributed by atoms with E-state index in [0.29, 0.717) is 0 Å². The molecule has 0 fully saturated rings. The van der Waals surface area contributed by atoms with Crippen molar-refractivity contribution in [2.45, 2.75) is 64.8 Å². The molecule has 1 aromatic carbocycles. The van der Waals surface area contributed by atoms with Crippen LogP contribution in [-0.2, 0) is 6.42 Å². The average Bonchev–Trinajstić information content (AvgIpc) is 2.46. The number of rotatable bonds is 11. The minimum Gasteiger partial charge on any atom is -0.493 e. The van der Waals surface area contributed by atoms with Crippen LogP contribution in [0, 0.1) is 0 Å². The van der Waals surface area contributed by atoms with E-state index >= 15 is 0 Å². The first-order valence-electron chi connectivity index (χ1n) is 8.22. The highest BCUT2D eigenvalue weighted by Crippen LogP contribution is 2.28. The summed E-state index contributed by atoms with van der Waals surface area (Å²) in [6.07, 6.45) is 8.47. The lowest BCUT2D eigenvalue weighted by Gasteiger charge is -2.13. The lowest BCUT2D eigenvalue weighted by Crippen LogP contribution is -2.17. The first-order chi connectivity index (χ1) is 10.2. The van der Waals surface area contributed by atoms with E-state index in [4.69, 9.17) is 15.2 Å². The van der Waals surface area contributed by atoms with Gasteiger partial charge in [-0.2, -0.15) is 0 Å². The van der Waals surface area contributed by atoms with Gasteiger partial charge in [0, 0.05) is 6.04 Å². The van der Waals surface area contributed by atoms with Crippen molar-refractivity contribution >= 4 is 0 Å². The van der Waals surface area contributed by atoms with Crippen LogP contribution in [0.4, 0.5) is 0 Å². The van der Waals surface area contributed by atoms with Crippen LogP contribution in [0.25, 0.3) is 0 Å². The fourth-order valence-electron chi connectivity index (χ4n) is 2.40. The minimum atomic E-state index is 0.157. The van der Waals surface area contributed by atoms with Gasteiger partial charge in [-0.15, -0.1) is 0 Å². The summed E-state index contributed by atoms with van der Waals surface area (Å²) in [6, 6.07) is 6.23. The molecule has 1 atom stereocenters. The van der Waals surface area contributed by atoms with E-state index < -0.39 is 0 Å². The maximum absolute atomic E-state index is 5.89. The van der Waals surface area contributed by atoms with Crippen molar-refractivity contribution in [3.8, 4) is 11.5 Å². The molecule has 0 aliphatic heterocycles. The van der Waals surface area contributed by atoms with Gasteiger partial charge >= 0.3 is 0 Å². The van der Waals surface area contributed by atoms with Crippen LogP contribution >= 0.6 is 0 Å². The highest BCUT2D eigenvalue weighted by Gasteiger charge is 2.07. The first kappa shape index (κ1) is 17.8. The van der Waals surface area contributed by atoms with Crippen molar-refractivity contribution in [2.75, 3.05) is 13.7 Å². The van der Waals surface area contributed by atoms with Gasteiger partial charge in [0.25, 0.3) is 0 Å². The summed E-state index contributed by atoms with van der Waals surface area (Å²) < 4.78 is 11.3. The molecule has 0 heterocycles. The molecule has 1 aromatic rings. The number of benzene rings is 1. The molecule has 0 bridgehead atoms. The summed E-state index contributed by atoms with van der Waals surface area (Å²) >= 11 is 0. The summed E-state index contributed by atoms with van der Waals surface area (Å²) in [5, 5.41) is 0. The normalized spacial score (nSPS) is 12.2. The summed E-state index contributed by atoms with van der Waals surface area (Å²) in [5.41, 5.74) is 7.05. The Morgan fingerprint density at radius 2 is 1.76 bits per heavy atom. The van der Waals surface area contributed by atoms with Gasteiger partial charge in [-0.05, 0) is 37.5 Å². The van der Waals surface area contributed by atoms with Crippen LogP contribution in [0.1, 0.15) is 57.9 Å². The zero-order valence-electron chi connectivity index (χ0n) is 13.9. The first-order valence-corrected chi connectivity index (χ1v) is 8.22. The molecule has 0 aliphatic carbocycles. The van der Waals surface area contributed by atoms with E-state index in [2.05, 4.69) is 19.1 Å². The van der Waals surface area contributed by atoms with Gasteiger partial charge in [-0.25, -0.2) is 0 Å². The highest BCUT2D eigenvalue weighted by molar-refractivity contribution is 5.43. The standard InChI is InChI=1S/C18H31NO2/c1-4-5-6-7-8-9-12-21-18-14-16(13-15(2)19)10-11-17(18)20-3/h10-11,14-15H,4-9,12-13,19H2,1-3H3. The third-order valence-electron chi connectivity index (χ3n) is 3.54. The fraction of sp³-hybridized carbons (Fsp3) is 0.667. The molecular formula is C18H31NO2. The molecule has 0 radical (unpaired) electrons. The molecule has 0 saturated heterocycles. The molecular weight excluding hydrogens is 262 g/mol. The fourth-order valence-corrected chi connectivity index (χ4v) is 2.40. The lowest BCUT2D eigenvalue weighted by atomic mass is 10.1. The second kappa shape index (κ2) is 10.5. The van der Waals surface area contributed by atoms with Crippen LogP contribution in [0.15, 0.2) is 18.2 Å². The molecule has 1 unspecified atom stereocenters. The SMILES string of the molecule is CCCCCCCCOc1cc(CC(C)N)ccc1OC. The molecule has 0 saturated carbocycles. The Kier molecular flexibility index (Phi) is 8.91. The van der Waals surface area contributed by atoms with Crippen LogP contribution in [0.5, 0.6) is 11.5 Å². The molecule has 3 heteroatoms. The highest BCUT2D eigenvalue weighted by atomic mass is 16.5. The van der Waals surface area contributed by atoms with Crippen LogP contribution < -0.4 is 15.2 Å². The van der Waals surface area contributed by atoms with Crippen molar-refractivity contribution < 1.29 is 9.47 Å². The second-order valence-corrected chi connectivity index (χ2v) is 5.78. The lowest BCUT2D eigenvalue weighted by molar-refractivity contribution is 0.284. The zero-order valence-corrected chi connectivity index (χ0v) is 13.9. The van der Waals surface area contributed by atoms with Gasteiger partial charge < -0.3 is 15.2 Å². The van der Waals surface area contributed by atoms with Gasteiger partial charge in [0.05, 0.1) is 13.7 Å². The third kappa shape index (κ3) is 7.37. The number of unbranched alkanes of at least 4 members (excludes halogenated alkanes) is 5. The van der Waals surface area contributed by atoms with E-state index in [-0.39, 0.29) is 6.04 Å². The average molecular weight is 293 g/mol. The zero-order chi connectivity index (χ0) is 15.5. The Morgan fingerprint density at radius 1 is 1.05 bits per heavy atom. The van der Waals surface area contributed by atoms with E-state index in [1.54, 1.807) is 7.11 Å². The van der Waals surface area contributed by atoms with E-state index in [1.165, 1.54) is 37.7 Å². The van der Waals surface area contributed by atoms with Crippen molar-refractivity contribution in [1.29, 1.82) is 0 Å². The van der Waals surface area contributed by atoms with E-state index in [1.807, 2.05) is 13.0 Å². The van der Waals surface area contributed by atoms with Crippen molar-refractivity contribution in [3.63, 3.8) is 0 Å². The maximum atomic E-state index is 5.89. The molecule has 0 amide bonds. The van der Waals surface area contributed by atoms with E-state index in [0.717, 1.165) is 30.9 Å². The van der Waals surface area contributed by atoms with Gasteiger partial charge in [0.1, 0.15) is 0 Å². The molecule has 0 aromatic heterocycles. The predicted octanol–water partition coefficient (Wildman–Crippen LogP) is 4.32. The molecule has 120 valence electrons.